The highest BCUT2D eigenvalue weighted by molar-refractivity contribution is 6.35. The average Bonchev–Trinajstić information content (AvgIpc) is 2.07. The zero-order valence-electron chi connectivity index (χ0n) is 6.47. The van der Waals surface area contributed by atoms with Crippen molar-refractivity contribution >= 4 is 29.2 Å². The summed E-state index contributed by atoms with van der Waals surface area (Å²) < 4.78 is 24.5. The number of hydrogen-bond donors (Lipinski definition) is 1. The number of halogens is 4. The third-order valence-corrected chi connectivity index (χ3v) is 1.98. The van der Waals surface area contributed by atoms with Gasteiger partial charge in [-0.3, -0.25) is 0 Å². The predicted octanol–water partition coefficient (Wildman–Crippen LogP) is 3.02. The molecule has 0 unspecified atom stereocenters. The molecule has 76 valence electrons. The third-order valence-electron chi connectivity index (χ3n) is 1.39. The zero-order chi connectivity index (χ0) is 10.9. The Morgan fingerprint density at radius 1 is 1.50 bits per heavy atom. The number of aromatic nitrogens is 1. The van der Waals surface area contributed by atoms with E-state index >= 15 is 0 Å². The van der Waals surface area contributed by atoms with Gasteiger partial charge in [0.1, 0.15) is 10.8 Å². The number of hydrogen-bond acceptors (Lipinski definition) is 2. The first-order valence-electron chi connectivity index (χ1n) is 3.31. The summed E-state index contributed by atoms with van der Waals surface area (Å²) in [6, 6.07) is 0.915. The maximum absolute atomic E-state index is 12.3. The van der Waals surface area contributed by atoms with Crippen molar-refractivity contribution < 1.29 is 18.7 Å². The Morgan fingerprint density at radius 3 is 2.50 bits per heavy atom. The van der Waals surface area contributed by atoms with Gasteiger partial charge in [-0.25, -0.2) is 18.6 Å². The van der Waals surface area contributed by atoms with Crippen molar-refractivity contribution in [3.05, 3.63) is 27.5 Å². The van der Waals surface area contributed by atoms with Gasteiger partial charge in [0.25, 0.3) is 6.43 Å². The zero-order valence-corrected chi connectivity index (χ0v) is 7.98. The highest BCUT2D eigenvalue weighted by Gasteiger charge is 2.21. The smallest absolute Gasteiger partial charge is 0.337 e. The first-order chi connectivity index (χ1) is 6.43. The van der Waals surface area contributed by atoms with Gasteiger partial charge in [-0.15, -0.1) is 0 Å². The van der Waals surface area contributed by atoms with Crippen molar-refractivity contribution in [1.82, 2.24) is 4.98 Å². The van der Waals surface area contributed by atoms with Gasteiger partial charge >= 0.3 is 5.97 Å². The van der Waals surface area contributed by atoms with Crippen molar-refractivity contribution in [2.24, 2.45) is 0 Å². The number of carbonyl (C=O) groups is 1. The Morgan fingerprint density at radius 2 is 2.07 bits per heavy atom. The van der Waals surface area contributed by atoms with E-state index in [2.05, 4.69) is 4.98 Å². The molecule has 0 bridgehead atoms. The van der Waals surface area contributed by atoms with Crippen LogP contribution in [0.4, 0.5) is 8.78 Å². The summed E-state index contributed by atoms with van der Waals surface area (Å²) in [6.07, 6.45) is -2.96. The lowest BCUT2D eigenvalue weighted by molar-refractivity contribution is 0.0696. The van der Waals surface area contributed by atoms with Crippen LogP contribution < -0.4 is 0 Å². The minimum atomic E-state index is -2.96. The lowest BCUT2D eigenvalue weighted by atomic mass is 10.2. The van der Waals surface area contributed by atoms with E-state index in [1.807, 2.05) is 0 Å². The topological polar surface area (TPSA) is 50.2 Å². The van der Waals surface area contributed by atoms with Gasteiger partial charge in [0, 0.05) is 0 Å². The van der Waals surface area contributed by atoms with E-state index in [0.29, 0.717) is 0 Å². The van der Waals surface area contributed by atoms with Crippen molar-refractivity contribution in [1.29, 1.82) is 0 Å². The fraction of sp³-hybridized carbons (Fsp3) is 0.143. The van der Waals surface area contributed by atoms with Crippen LogP contribution in [0.3, 0.4) is 0 Å². The van der Waals surface area contributed by atoms with Crippen LogP contribution >= 0.6 is 23.2 Å². The van der Waals surface area contributed by atoms with E-state index in [1.54, 1.807) is 0 Å². The summed E-state index contributed by atoms with van der Waals surface area (Å²) in [5.41, 5.74) is -1.31. The molecule has 1 heterocycles. The summed E-state index contributed by atoms with van der Waals surface area (Å²) in [5.74, 6) is -1.43. The standard InChI is InChI=1S/C7H3Cl2F2NO2/c8-3-1-2(7(13)14)4(9)5(12-3)6(10)11/h1,6H,(H,13,14). The quantitative estimate of drug-likeness (QED) is 0.810. The number of carboxylic acid groups (broad SMARTS) is 1. The summed E-state index contributed by atoms with van der Waals surface area (Å²) in [4.78, 5) is 13.8. The van der Waals surface area contributed by atoms with Crippen LogP contribution in [0.15, 0.2) is 6.07 Å². The van der Waals surface area contributed by atoms with Crippen LogP contribution in [0.5, 0.6) is 0 Å². The van der Waals surface area contributed by atoms with E-state index in [-0.39, 0.29) is 5.15 Å². The minimum Gasteiger partial charge on any atom is -0.478 e. The fourth-order valence-electron chi connectivity index (χ4n) is 0.817. The maximum atomic E-state index is 12.3. The van der Waals surface area contributed by atoms with Gasteiger partial charge < -0.3 is 5.11 Å². The Bertz CT molecular complexity index is 384. The molecule has 1 aromatic rings. The van der Waals surface area contributed by atoms with Crippen molar-refractivity contribution in [3.63, 3.8) is 0 Å². The highest BCUT2D eigenvalue weighted by atomic mass is 35.5. The van der Waals surface area contributed by atoms with E-state index in [1.165, 1.54) is 0 Å². The molecule has 0 amide bonds. The third kappa shape index (κ3) is 2.10. The molecule has 0 spiro atoms. The number of alkyl halides is 2. The number of carboxylic acids is 1. The molecule has 0 atom stereocenters. The molecule has 0 fully saturated rings. The Labute approximate surface area is 87.3 Å². The fourth-order valence-corrected chi connectivity index (χ4v) is 1.28. The molecule has 0 radical (unpaired) electrons. The Balaban J connectivity index is 3.40. The SMILES string of the molecule is O=C(O)c1cc(Cl)nc(C(F)F)c1Cl. The minimum absolute atomic E-state index is 0.331. The molecule has 7 heteroatoms. The molecule has 0 saturated carbocycles. The van der Waals surface area contributed by atoms with Crippen LogP contribution in [-0.4, -0.2) is 16.1 Å². The van der Waals surface area contributed by atoms with Gasteiger partial charge in [0.05, 0.1) is 10.6 Å². The summed E-state index contributed by atoms with van der Waals surface area (Å²) in [7, 11) is 0. The monoisotopic (exact) mass is 241 g/mol. The van der Waals surface area contributed by atoms with E-state index in [0.717, 1.165) is 6.07 Å². The summed E-state index contributed by atoms with van der Waals surface area (Å²) in [6.45, 7) is 0. The molecule has 1 aromatic heterocycles. The summed E-state index contributed by atoms with van der Waals surface area (Å²) in [5, 5.41) is 7.66. The molecule has 1 rings (SSSR count). The lowest BCUT2D eigenvalue weighted by Crippen LogP contribution is -2.03. The molecule has 0 aliphatic carbocycles. The van der Waals surface area contributed by atoms with Crippen LogP contribution in [0.1, 0.15) is 22.5 Å². The first-order valence-corrected chi connectivity index (χ1v) is 4.06. The van der Waals surface area contributed by atoms with Gasteiger partial charge in [0.15, 0.2) is 0 Å². The van der Waals surface area contributed by atoms with E-state index < -0.39 is 28.7 Å². The van der Waals surface area contributed by atoms with Gasteiger partial charge in [-0.05, 0) is 6.07 Å². The average molecular weight is 242 g/mol. The van der Waals surface area contributed by atoms with Crippen molar-refractivity contribution in [2.45, 2.75) is 6.43 Å². The lowest BCUT2D eigenvalue weighted by Gasteiger charge is -2.05. The molecule has 3 nitrogen and oxygen atoms in total. The Kier molecular flexibility index (Phi) is 3.23. The van der Waals surface area contributed by atoms with Crippen molar-refractivity contribution in [2.75, 3.05) is 0 Å². The van der Waals surface area contributed by atoms with Crippen LogP contribution in [0.25, 0.3) is 0 Å². The van der Waals surface area contributed by atoms with Crippen LogP contribution in [-0.2, 0) is 0 Å². The largest absolute Gasteiger partial charge is 0.478 e. The Hall–Kier alpha value is -0.940. The number of nitrogens with zero attached hydrogens (tertiary/aromatic N) is 1. The maximum Gasteiger partial charge on any atom is 0.337 e. The van der Waals surface area contributed by atoms with Gasteiger partial charge in [0.2, 0.25) is 0 Å². The molecule has 0 saturated heterocycles. The number of pyridine rings is 1. The second-order valence-electron chi connectivity index (χ2n) is 2.30. The van der Waals surface area contributed by atoms with Crippen LogP contribution in [0.2, 0.25) is 10.2 Å². The van der Waals surface area contributed by atoms with E-state index in [4.69, 9.17) is 28.3 Å². The molecule has 0 aliphatic heterocycles. The molecule has 1 N–H and O–H groups in total. The van der Waals surface area contributed by atoms with E-state index in [9.17, 15) is 13.6 Å². The predicted molar refractivity (Wildman–Crippen MR) is 46.2 cm³/mol. The second-order valence-corrected chi connectivity index (χ2v) is 3.06. The molecular formula is C7H3Cl2F2NO2. The highest BCUT2D eigenvalue weighted by Crippen LogP contribution is 2.29. The van der Waals surface area contributed by atoms with Crippen molar-refractivity contribution in [3.8, 4) is 0 Å². The first kappa shape index (κ1) is 11.1. The number of rotatable bonds is 2. The van der Waals surface area contributed by atoms with Crippen LogP contribution in [0, 0.1) is 0 Å². The van der Waals surface area contributed by atoms with Gasteiger partial charge in [-0.1, -0.05) is 23.2 Å². The molecule has 0 aliphatic rings. The normalized spacial score (nSPS) is 10.6. The molecule has 14 heavy (non-hydrogen) atoms. The molecule has 0 aromatic carbocycles. The van der Waals surface area contributed by atoms with Gasteiger partial charge in [-0.2, -0.15) is 0 Å². The summed E-state index contributed by atoms with van der Waals surface area (Å²) >= 11 is 10.7. The second kappa shape index (κ2) is 4.06. The number of aromatic carboxylic acids is 1. The molecular weight excluding hydrogens is 239 g/mol.